The number of aromatic nitrogens is 1. The number of rotatable bonds is 5. The first kappa shape index (κ1) is 13.6. The highest BCUT2D eigenvalue weighted by Gasteiger charge is 2.09. The van der Waals surface area contributed by atoms with Gasteiger partial charge in [0.25, 0.3) is 0 Å². The lowest BCUT2D eigenvalue weighted by Gasteiger charge is -2.08. The molecule has 106 valence electrons. The summed E-state index contributed by atoms with van der Waals surface area (Å²) in [6.45, 7) is 0.343. The third-order valence-electron chi connectivity index (χ3n) is 3.00. The van der Waals surface area contributed by atoms with Gasteiger partial charge in [-0.3, -0.25) is 4.79 Å². The van der Waals surface area contributed by atoms with Crippen LogP contribution in [0.2, 0.25) is 0 Å². The van der Waals surface area contributed by atoms with E-state index in [0.717, 1.165) is 15.2 Å². The molecule has 0 aliphatic carbocycles. The number of thiazole rings is 1. The smallest absolute Gasteiger partial charge is 0.307 e. The molecule has 0 spiro atoms. The molecule has 4 nitrogen and oxygen atoms in total. The molecule has 0 saturated heterocycles. The van der Waals surface area contributed by atoms with Crippen LogP contribution >= 0.6 is 11.3 Å². The van der Waals surface area contributed by atoms with Gasteiger partial charge in [0.1, 0.15) is 17.4 Å². The van der Waals surface area contributed by atoms with E-state index in [9.17, 15) is 4.79 Å². The number of nitrogens with zero attached hydrogens (tertiary/aromatic N) is 1. The van der Waals surface area contributed by atoms with Gasteiger partial charge in [-0.2, -0.15) is 0 Å². The SMILES string of the molecule is O=C(O)Cc1ccccc1OCc1nc2ccccc2s1. The van der Waals surface area contributed by atoms with Crippen LogP contribution in [-0.2, 0) is 17.8 Å². The number of aliphatic carboxylic acids is 1. The monoisotopic (exact) mass is 299 g/mol. The molecule has 0 radical (unpaired) electrons. The molecule has 0 saturated carbocycles. The fourth-order valence-corrected chi connectivity index (χ4v) is 2.96. The molecule has 3 rings (SSSR count). The van der Waals surface area contributed by atoms with Gasteiger partial charge < -0.3 is 9.84 Å². The molecule has 21 heavy (non-hydrogen) atoms. The number of para-hydroxylation sites is 2. The largest absolute Gasteiger partial charge is 0.486 e. The molecule has 2 aromatic carbocycles. The van der Waals surface area contributed by atoms with Crippen molar-refractivity contribution in [2.45, 2.75) is 13.0 Å². The highest BCUT2D eigenvalue weighted by atomic mass is 32.1. The average Bonchev–Trinajstić information content (AvgIpc) is 2.88. The van der Waals surface area contributed by atoms with Crippen molar-refractivity contribution in [3.05, 3.63) is 59.1 Å². The number of carboxylic acid groups (broad SMARTS) is 1. The molecular weight excluding hydrogens is 286 g/mol. The van der Waals surface area contributed by atoms with E-state index in [0.29, 0.717) is 17.9 Å². The zero-order valence-corrected chi connectivity index (χ0v) is 12.0. The summed E-state index contributed by atoms with van der Waals surface area (Å²) in [5, 5.41) is 9.78. The van der Waals surface area contributed by atoms with E-state index in [1.54, 1.807) is 23.5 Å². The summed E-state index contributed by atoms with van der Waals surface area (Å²) in [5.41, 5.74) is 1.63. The Balaban J connectivity index is 1.76. The average molecular weight is 299 g/mol. The van der Waals surface area contributed by atoms with Crippen molar-refractivity contribution in [2.24, 2.45) is 0 Å². The van der Waals surface area contributed by atoms with Gasteiger partial charge >= 0.3 is 5.97 Å². The predicted molar refractivity (Wildman–Crippen MR) is 81.7 cm³/mol. The van der Waals surface area contributed by atoms with Crippen LogP contribution in [0.4, 0.5) is 0 Å². The van der Waals surface area contributed by atoms with Crippen molar-refractivity contribution >= 4 is 27.5 Å². The highest BCUT2D eigenvalue weighted by Crippen LogP contribution is 2.24. The Hall–Kier alpha value is -2.40. The van der Waals surface area contributed by atoms with E-state index in [1.165, 1.54) is 0 Å². The predicted octanol–water partition coefficient (Wildman–Crippen LogP) is 3.50. The molecule has 0 atom stereocenters. The van der Waals surface area contributed by atoms with E-state index in [4.69, 9.17) is 9.84 Å². The Kier molecular flexibility index (Phi) is 3.83. The number of hydrogen-bond donors (Lipinski definition) is 1. The molecule has 0 aliphatic rings. The number of carboxylic acids is 1. The van der Waals surface area contributed by atoms with Crippen molar-refractivity contribution in [3.8, 4) is 5.75 Å². The van der Waals surface area contributed by atoms with Crippen LogP contribution < -0.4 is 4.74 Å². The molecule has 0 amide bonds. The molecule has 0 aliphatic heterocycles. The maximum Gasteiger partial charge on any atom is 0.307 e. The van der Waals surface area contributed by atoms with Gasteiger partial charge in [-0.05, 0) is 18.2 Å². The molecule has 5 heteroatoms. The molecule has 0 fully saturated rings. The number of carbonyl (C=O) groups is 1. The minimum absolute atomic E-state index is 0.0456. The standard InChI is InChI=1S/C16H13NO3S/c18-16(19)9-11-5-1-3-7-13(11)20-10-15-17-12-6-2-4-8-14(12)21-15/h1-8H,9-10H2,(H,18,19). The second-order valence-corrected chi connectivity index (χ2v) is 5.66. The van der Waals surface area contributed by atoms with Crippen molar-refractivity contribution < 1.29 is 14.6 Å². The Morgan fingerprint density at radius 1 is 1.14 bits per heavy atom. The Labute approximate surface area is 125 Å². The summed E-state index contributed by atoms with van der Waals surface area (Å²) in [5.74, 6) is -0.273. The molecule has 0 unspecified atom stereocenters. The number of fused-ring (bicyclic) bond motifs is 1. The lowest BCUT2D eigenvalue weighted by Crippen LogP contribution is -2.03. The highest BCUT2D eigenvalue weighted by molar-refractivity contribution is 7.18. The first-order valence-corrected chi connectivity index (χ1v) is 7.31. The first-order chi connectivity index (χ1) is 10.2. The van der Waals surface area contributed by atoms with Crippen LogP contribution in [0.5, 0.6) is 5.75 Å². The van der Waals surface area contributed by atoms with Crippen LogP contribution in [0.25, 0.3) is 10.2 Å². The third kappa shape index (κ3) is 3.20. The van der Waals surface area contributed by atoms with Crippen molar-refractivity contribution in [2.75, 3.05) is 0 Å². The summed E-state index contributed by atoms with van der Waals surface area (Å²) < 4.78 is 6.86. The summed E-state index contributed by atoms with van der Waals surface area (Å²) in [4.78, 5) is 15.3. The topological polar surface area (TPSA) is 59.4 Å². The quantitative estimate of drug-likeness (QED) is 0.783. The molecule has 1 heterocycles. The summed E-state index contributed by atoms with van der Waals surface area (Å²) >= 11 is 1.58. The maximum absolute atomic E-state index is 10.8. The third-order valence-corrected chi connectivity index (χ3v) is 4.01. The van der Waals surface area contributed by atoms with Gasteiger partial charge in [0.15, 0.2) is 0 Å². The second kappa shape index (κ2) is 5.93. The minimum atomic E-state index is -0.869. The van der Waals surface area contributed by atoms with Gasteiger partial charge in [0, 0.05) is 5.56 Å². The van der Waals surface area contributed by atoms with E-state index in [1.807, 2.05) is 36.4 Å². The Morgan fingerprint density at radius 3 is 2.71 bits per heavy atom. The molecule has 1 aromatic heterocycles. The van der Waals surface area contributed by atoms with Crippen LogP contribution in [0.3, 0.4) is 0 Å². The van der Waals surface area contributed by atoms with Crippen molar-refractivity contribution in [1.29, 1.82) is 0 Å². The number of hydrogen-bond acceptors (Lipinski definition) is 4. The lowest BCUT2D eigenvalue weighted by atomic mass is 10.1. The maximum atomic E-state index is 10.8. The van der Waals surface area contributed by atoms with Crippen LogP contribution in [0.1, 0.15) is 10.6 Å². The fraction of sp³-hybridized carbons (Fsp3) is 0.125. The second-order valence-electron chi connectivity index (χ2n) is 4.54. The van der Waals surface area contributed by atoms with Gasteiger partial charge in [-0.1, -0.05) is 30.3 Å². The van der Waals surface area contributed by atoms with Gasteiger partial charge in [-0.25, -0.2) is 4.98 Å². The molecular formula is C16H13NO3S. The van der Waals surface area contributed by atoms with E-state index in [-0.39, 0.29) is 6.42 Å². The molecule has 1 N–H and O–H groups in total. The normalized spacial score (nSPS) is 10.7. The van der Waals surface area contributed by atoms with Gasteiger partial charge in [0.2, 0.25) is 0 Å². The molecule has 0 bridgehead atoms. The van der Waals surface area contributed by atoms with Crippen LogP contribution in [-0.4, -0.2) is 16.1 Å². The Morgan fingerprint density at radius 2 is 1.90 bits per heavy atom. The van der Waals surface area contributed by atoms with Crippen LogP contribution in [0, 0.1) is 0 Å². The van der Waals surface area contributed by atoms with Crippen LogP contribution in [0.15, 0.2) is 48.5 Å². The first-order valence-electron chi connectivity index (χ1n) is 6.49. The van der Waals surface area contributed by atoms with E-state index in [2.05, 4.69) is 4.98 Å². The van der Waals surface area contributed by atoms with Gasteiger partial charge in [0.05, 0.1) is 16.6 Å². The van der Waals surface area contributed by atoms with Crippen molar-refractivity contribution in [1.82, 2.24) is 4.98 Å². The number of ether oxygens (including phenoxy) is 1. The molecule has 3 aromatic rings. The zero-order valence-electron chi connectivity index (χ0n) is 11.2. The fourth-order valence-electron chi connectivity index (χ4n) is 2.07. The zero-order chi connectivity index (χ0) is 14.7. The van der Waals surface area contributed by atoms with E-state index < -0.39 is 5.97 Å². The lowest BCUT2D eigenvalue weighted by molar-refractivity contribution is -0.136. The summed E-state index contributed by atoms with van der Waals surface area (Å²) in [6.07, 6.45) is -0.0456. The van der Waals surface area contributed by atoms with Gasteiger partial charge in [-0.15, -0.1) is 11.3 Å². The Bertz CT molecular complexity index is 749. The van der Waals surface area contributed by atoms with E-state index >= 15 is 0 Å². The summed E-state index contributed by atoms with van der Waals surface area (Å²) in [6, 6.07) is 15.1. The minimum Gasteiger partial charge on any atom is -0.486 e. The number of benzene rings is 2. The van der Waals surface area contributed by atoms with Crippen molar-refractivity contribution in [3.63, 3.8) is 0 Å². The summed E-state index contributed by atoms with van der Waals surface area (Å²) in [7, 11) is 0.